The maximum absolute atomic E-state index is 6.61. The first-order valence-electron chi connectivity index (χ1n) is 21.0. The van der Waals surface area contributed by atoms with Crippen molar-refractivity contribution in [3.8, 4) is 44.9 Å². The van der Waals surface area contributed by atoms with Gasteiger partial charge in [0.25, 0.3) is 0 Å². The molecule has 0 atom stereocenters. The number of hydrogen-bond acceptors (Lipinski definition) is 5. The molecule has 0 radical (unpaired) electrons. The summed E-state index contributed by atoms with van der Waals surface area (Å²) in [7, 11) is 0. The third-order valence-electron chi connectivity index (χ3n) is 12.7. The van der Waals surface area contributed by atoms with E-state index in [-0.39, 0.29) is 13.4 Å². The van der Waals surface area contributed by atoms with Crippen LogP contribution >= 0.6 is 47.0 Å². The van der Waals surface area contributed by atoms with Crippen molar-refractivity contribution in [2.24, 2.45) is 0 Å². The van der Waals surface area contributed by atoms with E-state index < -0.39 is 0 Å². The van der Waals surface area contributed by atoms with Gasteiger partial charge in [0, 0.05) is 44.7 Å². The zero-order valence-electron chi connectivity index (χ0n) is 33.6. The SMILES string of the molecule is Cc1cccc(-c2ccccc2)c1-c1cc2c3c(c1)Sc1c(cc4c(c1-c1ccccc1)Sc1cc(Oc5ccccc5)cc5c1B4c1ccccc1S5)B3c1ccccc1S2. The van der Waals surface area contributed by atoms with Crippen LogP contribution in [0, 0.1) is 6.92 Å². The third kappa shape index (κ3) is 5.86. The first-order valence-corrected chi connectivity index (χ1v) is 24.3. The molecule has 0 saturated heterocycles. The molecular weight excluding hydrogens is 826 g/mol. The number of fused-ring (bicyclic) bond motifs is 8. The van der Waals surface area contributed by atoms with Crippen LogP contribution in [0.1, 0.15) is 5.56 Å². The van der Waals surface area contributed by atoms with Gasteiger partial charge in [0.1, 0.15) is 11.5 Å². The monoisotopic (exact) mass is 860 g/mol. The highest BCUT2D eigenvalue weighted by Crippen LogP contribution is 2.50. The van der Waals surface area contributed by atoms with E-state index in [9.17, 15) is 0 Å². The van der Waals surface area contributed by atoms with Gasteiger partial charge in [0.05, 0.1) is 0 Å². The molecule has 0 spiro atoms. The molecule has 13 rings (SSSR count). The average molecular weight is 861 g/mol. The zero-order valence-corrected chi connectivity index (χ0v) is 36.9. The average Bonchev–Trinajstić information content (AvgIpc) is 3.31. The predicted molar refractivity (Wildman–Crippen MR) is 266 cm³/mol. The minimum atomic E-state index is 0.0890. The van der Waals surface area contributed by atoms with E-state index >= 15 is 0 Å². The summed E-state index contributed by atoms with van der Waals surface area (Å²) in [6.07, 6.45) is 0. The van der Waals surface area contributed by atoms with Crippen LogP contribution in [0.25, 0.3) is 33.4 Å². The summed E-state index contributed by atoms with van der Waals surface area (Å²) in [6, 6.07) is 69.4. The standard InChI is InChI=1S/C55H34B2OS4/c1-33-16-15-23-39(34-17-5-2-6-18-34)50(33)36-28-46-52-47(29-36)61-54-42(56(52)40-24-11-13-26-44(40)59-46)32-43-55(51(54)35-19-7-3-8-20-35)62-49-31-38(58-37-21-9-4-10-22-37)30-48-53(49)57(43)41-25-12-14-27-45(41)60-48/h2-32H,1H3. The van der Waals surface area contributed by atoms with Crippen molar-refractivity contribution in [2.45, 2.75) is 46.1 Å². The molecule has 0 bridgehead atoms. The molecule has 0 aliphatic carbocycles. The van der Waals surface area contributed by atoms with E-state index in [0.29, 0.717) is 0 Å². The van der Waals surface area contributed by atoms with E-state index in [1.165, 1.54) is 111 Å². The van der Waals surface area contributed by atoms with Crippen molar-refractivity contribution in [3.63, 3.8) is 0 Å². The first kappa shape index (κ1) is 36.9. The lowest BCUT2D eigenvalue weighted by atomic mass is 9.33. The fourth-order valence-corrected chi connectivity index (χ4v) is 15.4. The van der Waals surface area contributed by atoms with Crippen molar-refractivity contribution in [3.05, 3.63) is 194 Å². The fourth-order valence-electron chi connectivity index (χ4n) is 10.1. The summed E-state index contributed by atoms with van der Waals surface area (Å²) in [5.41, 5.74) is 17.4. The van der Waals surface area contributed by atoms with Crippen molar-refractivity contribution in [1.82, 2.24) is 0 Å². The van der Waals surface area contributed by atoms with Gasteiger partial charge in [-0.1, -0.05) is 208 Å². The highest BCUT2D eigenvalue weighted by Gasteiger charge is 2.45. The maximum atomic E-state index is 6.61. The van der Waals surface area contributed by atoms with Gasteiger partial charge in [-0.15, -0.1) is 0 Å². The Morgan fingerprint density at radius 1 is 0.355 bits per heavy atom. The van der Waals surface area contributed by atoms with E-state index in [0.717, 1.165) is 11.5 Å². The normalized spacial score (nSPS) is 13.6. The highest BCUT2D eigenvalue weighted by molar-refractivity contribution is 8.02. The Kier molecular flexibility index (Phi) is 8.76. The van der Waals surface area contributed by atoms with Crippen LogP contribution in [0.2, 0.25) is 0 Å². The summed E-state index contributed by atoms with van der Waals surface area (Å²) >= 11 is 7.72. The smallest absolute Gasteiger partial charge is 0.247 e. The molecular formula is C55H34B2OS4. The number of rotatable bonds is 5. The molecule has 0 fully saturated rings. The Balaban J connectivity index is 1.07. The number of hydrogen-bond donors (Lipinski definition) is 0. The Hall–Kier alpha value is -5.69. The van der Waals surface area contributed by atoms with E-state index in [4.69, 9.17) is 4.74 Å². The minimum Gasteiger partial charge on any atom is -0.457 e. The highest BCUT2D eigenvalue weighted by atomic mass is 32.2. The van der Waals surface area contributed by atoms with Crippen LogP contribution in [0.4, 0.5) is 0 Å². The van der Waals surface area contributed by atoms with Gasteiger partial charge in [-0.3, -0.25) is 0 Å². The van der Waals surface area contributed by atoms with Crippen LogP contribution in [0.15, 0.2) is 227 Å². The molecule has 0 amide bonds. The van der Waals surface area contributed by atoms with Crippen molar-refractivity contribution >= 4 is 93.2 Å². The van der Waals surface area contributed by atoms with Crippen LogP contribution in [-0.4, -0.2) is 13.4 Å². The van der Waals surface area contributed by atoms with Crippen molar-refractivity contribution in [2.75, 3.05) is 0 Å². The van der Waals surface area contributed by atoms with Gasteiger partial charge in [-0.2, -0.15) is 0 Å². The quantitative estimate of drug-likeness (QED) is 0.159. The minimum absolute atomic E-state index is 0.0890. The summed E-state index contributed by atoms with van der Waals surface area (Å²) < 4.78 is 6.61. The second-order valence-electron chi connectivity index (χ2n) is 16.3. The number of para-hydroxylation sites is 1. The summed E-state index contributed by atoms with van der Waals surface area (Å²) in [5, 5.41) is 0. The maximum Gasteiger partial charge on any atom is 0.247 e. The number of aryl methyl sites for hydroxylation is 1. The van der Waals surface area contributed by atoms with Gasteiger partial charge in [-0.05, 0) is 99.8 Å². The lowest BCUT2D eigenvalue weighted by Gasteiger charge is -2.38. The molecule has 1 nitrogen and oxygen atoms in total. The number of benzene rings is 9. The largest absolute Gasteiger partial charge is 0.457 e. The lowest BCUT2D eigenvalue weighted by molar-refractivity contribution is 0.480. The van der Waals surface area contributed by atoms with Gasteiger partial charge >= 0.3 is 0 Å². The molecule has 4 heterocycles. The lowest BCUT2D eigenvalue weighted by Crippen LogP contribution is -2.62. The molecule has 7 heteroatoms. The van der Waals surface area contributed by atoms with E-state index in [1.54, 1.807) is 0 Å². The Labute approximate surface area is 379 Å². The summed E-state index contributed by atoms with van der Waals surface area (Å²) in [6.45, 7) is 2.45. The second-order valence-corrected chi connectivity index (χ2v) is 20.6. The molecule has 62 heavy (non-hydrogen) atoms. The fraction of sp³-hybridized carbons (Fsp3) is 0.0182. The molecule has 4 aliphatic heterocycles. The second kappa shape index (κ2) is 14.7. The molecule has 0 N–H and O–H groups in total. The van der Waals surface area contributed by atoms with Crippen LogP contribution < -0.4 is 37.5 Å². The number of ether oxygens (including phenoxy) is 1. The molecule has 4 aliphatic rings. The molecule has 9 aromatic rings. The molecule has 9 aromatic carbocycles. The van der Waals surface area contributed by atoms with Crippen LogP contribution in [-0.2, 0) is 0 Å². The summed E-state index contributed by atoms with van der Waals surface area (Å²) in [4.78, 5) is 10.6. The van der Waals surface area contributed by atoms with Gasteiger partial charge in [0.2, 0.25) is 13.4 Å². The Morgan fingerprint density at radius 3 is 1.47 bits per heavy atom. The third-order valence-corrected chi connectivity index (χ3v) is 17.4. The van der Waals surface area contributed by atoms with E-state index in [2.05, 4.69) is 165 Å². The van der Waals surface area contributed by atoms with Crippen LogP contribution in [0.5, 0.6) is 11.5 Å². The zero-order chi connectivity index (χ0) is 40.9. The van der Waals surface area contributed by atoms with Crippen LogP contribution in [0.3, 0.4) is 0 Å². The van der Waals surface area contributed by atoms with Crippen molar-refractivity contribution in [1.29, 1.82) is 0 Å². The Bertz CT molecular complexity index is 3300. The molecule has 0 aromatic heterocycles. The molecule has 0 unspecified atom stereocenters. The first-order chi connectivity index (χ1) is 30.6. The van der Waals surface area contributed by atoms with Gasteiger partial charge in [0.15, 0.2) is 0 Å². The van der Waals surface area contributed by atoms with Gasteiger partial charge in [-0.25, -0.2) is 0 Å². The molecule has 290 valence electrons. The Morgan fingerprint density at radius 2 is 0.855 bits per heavy atom. The molecule has 0 saturated carbocycles. The van der Waals surface area contributed by atoms with Gasteiger partial charge < -0.3 is 4.74 Å². The van der Waals surface area contributed by atoms with Crippen molar-refractivity contribution < 1.29 is 4.74 Å². The topological polar surface area (TPSA) is 9.23 Å². The summed E-state index contributed by atoms with van der Waals surface area (Å²) in [5.74, 6) is 1.72. The van der Waals surface area contributed by atoms with E-state index in [1.807, 2.05) is 77.4 Å². The predicted octanol–water partition coefficient (Wildman–Crippen LogP) is 11.7.